The van der Waals surface area contributed by atoms with Crippen molar-refractivity contribution in [3.63, 3.8) is 0 Å². The van der Waals surface area contributed by atoms with Gasteiger partial charge in [-0.1, -0.05) is 24.2 Å². The maximum absolute atomic E-state index is 13.2. The van der Waals surface area contributed by atoms with E-state index in [2.05, 4.69) is 15.8 Å². The molecule has 1 aliphatic rings. The fraction of sp³-hybridized carbons (Fsp3) is 0.444. The van der Waals surface area contributed by atoms with Gasteiger partial charge in [-0.25, -0.2) is 9.18 Å². The molecule has 2 amide bonds. The van der Waals surface area contributed by atoms with E-state index in [1.807, 2.05) is 26.8 Å². The normalized spacial score (nSPS) is 20.5. The number of aryl methyl sites for hydroxylation is 2. The van der Waals surface area contributed by atoms with E-state index >= 15 is 0 Å². The highest BCUT2D eigenvalue weighted by atomic mass is 19.1. The fourth-order valence-corrected chi connectivity index (χ4v) is 3.22. The first-order chi connectivity index (χ1) is 11.5. The predicted molar refractivity (Wildman–Crippen MR) is 88.5 cm³/mol. The third kappa shape index (κ3) is 3.58. The monoisotopic (exact) mass is 331 g/mol. The minimum Gasteiger partial charge on any atom is -0.361 e. The molecule has 2 N–H and O–H groups in total. The summed E-state index contributed by atoms with van der Waals surface area (Å²) in [6.45, 7) is 6.31. The number of carbonyl (C=O) groups excluding carboxylic acids is 1. The second-order valence-electron chi connectivity index (χ2n) is 6.50. The van der Waals surface area contributed by atoms with Gasteiger partial charge < -0.3 is 15.2 Å². The summed E-state index contributed by atoms with van der Waals surface area (Å²) in [4.78, 5) is 12.0. The van der Waals surface area contributed by atoms with Crippen LogP contribution in [0.25, 0.3) is 0 Å². The van der Waals surface area contributed by atoms with Gasteiger partial charge in [0.25, 0.3) is 0 Å². The Balaban J connectivity index is 1.47. The van der Waals surface area contributed by atoms with E-state index < -0.39 is 0 Å². The molecule has 0 spiro atoms. The lowest BCUT2D eigenvalue weighted by atomic mass is 10.00. The van der Waals surface area contributed by atoms with Gasteiger partial charge >= 0.3 is 6.03 Å². The van der Waals surface area contributed by atoms with Crippen molar-refractivity contribution in [3.8, 4) is 0 Å². The SMILES string of the molecule is Cc1noc(C)c1[C@H](C)CNC(=O)N[C@@H]1C[C@H]1c1cccc(F)c1. The highest BCUT2D eigenvalue weighted by molar-refractivity contribution is 5.75. The summed E-state index contributed by atoms with van der Waals surface area (Å²) < 4.78 is 18.4. The summed E-state index contributed by atoms with van der Waals surface area (Å²) in [7, 11) is 0. The summed E-state index contributed by atoms with van der Waals surface area (Å²) in [5.41, 5.74) is 2.83. The molecular weight excluding hydrogens is 309 g/mol. The molecule has 128 valence electrons. The molecule has 5 nitrogen and oxygen atoms in total. The first-order valence-electron chi connectivity index (χ1n) is 8.18. The summed E-state index contributed by atoms with van der Waals surface area (Å²) >= 11 is 0. The first-order valence-corrected chi connectivity index (χ1v) is 8.18. The van der Waals surface area contributed by atoms with Crippen molar-refractivity contribution in [2.24, 2.45) is 0 Å². The van der Waals surface area contributed by atoms with Gasteiger partial charge in [-0.2, -0.15) is 0 Å². The Bertz CT molecular complexity index is 724. The predicted octanol–water partition coefficient (Wildman–Crippen LogP) is 3.39. The van der Waals surface area contributed by atoms with Gasteiger partial charge in [-0.15, -0.1) is 0 Å². The molecule has 1 aromatic heterocycles. The molecule has 6 heteroatoms. The summed E-state index contributed by atoms with van der Waals surface area (Å²) in [6.07, 6.45) is 0.844. The highest BCUT2D eigenvalue weighted by Crippen LogP contribution is 2.40. The van der Waals surface area contributed by atoms with Gasteiger partial charge in [0.2, 0.25) is 0 Å². The minimum atomic E-state index is -0.240. The maximum atomic E-state index is 13.2. The number of rotatable bonds is 5. The first kappa shape index (κ1) is 16.5. The Morgan fingerprint density at radius 3 is 2.92 bits per heavy atom. The number of aromatic nitrogens is 1. The van der Waals surface area contributed by atoms with Gasteiger partial charge in [-0.05, 0) is 38.0 Å². The quantitative estimate of drug-likeness (QED) is 0.882. The minimum absolute atomic E-state index is 0.0705. The zero-order valence-corrected chi connectivity index (χ0v) is 14.1. The van der Waals surface area contributed by atoms with Crippen molar-refractivity contribution in [1.29, 1.82) is 0 Å². The molecule has 2 aromatic rings. The van der Waals surface area contributed by atoms with Crippen LogP contribution in [0.2, 0.25) is 0 Å². The Morgan fingerprint density at radius 1 is 1.46 bits per heavy atom. The van der Waals surface area contributed by atoms with E-state index in [-0.39, 0.29) is 29.7 Å². The van der Waals surface area contributed by atoms with Crippen LogP contribution in [-0.4, -0.2) is 23.8 Å². The lowest BCUT2D eigenvalue weighted by Gasteiger charge is -2.13. The Hall–Kier alpha value is -2.37. The third-order valence-electron chi connectivity index (χ3n) is 4.53. The fourth-order valence-electron chi connectivity index (χ4n) is 3.22. The zero-order valence-electron chi connectivity index (χ0n) is 14.1. The lowest BCUT2D eigenvalue weighted by molar-refractivity contribution is 0.239. The van der Waals surface area contributed by atoms with E-state index in [4.69, 9.17) is 4.52 Å². The maximum Gasteiger partial charge on any atom is 0.315 e. The number of hydrogen-bond acceptors (Lipinski definition) is 3. The Kier molecular flexibility index (Phi) is 4.55. The van der Waals surface area contributed by atoms with Crippen LogP contribution in [0.1, 0.15) is 47.8 Å². The molecule has 0 aliphatic heterocycles. The molecule has 1 saturated carbocycles. The Morgan fingerprint density at radius 2 is 2.25 bits per heavy atom. The van der Waals surface area contributed by atoms with Crippen molar-refractivity contribution in [1.82, 2.24) is 15.8 Å². The number of nitrogens with one attached hydrogen (secondary N) is 2. The largest absolute Gasteiger partial charge is 0.361 e. The third-order valence-corrected chi connectivity index (χ3v) is 4.53. The van der Waals surface area contributed by atoms with E-state index in [0.717, 1.165) is 29.0 Å². The van der Waals surface area contributed by atoms with Gasteiger partial charge in [0.05, 0.1) is 5.69 Å². The van der Waals surface area contributed by atoms with Crippen molar-refractivity contribution >= 4 is 6.03 Å². The molecule has 0 unspecified atom stereocenters. The zero-order chi connectivity index (χ0) is 17.3. The number of benzene rings is 1. The summed E-state index contributed by atoms with van der Waals surface area (Å²) in [5.74, 6) is 0.873. The number of hydrogen-bond donors (Lipinski definition) is 2. The molecule has 1 fully saturated rings. The molecular formula is C18H22FN3O2. The molecule has 1 heterocycles. The van der Waals surface area contributed by atoms with E-state index in [0.29, 0.717) is 6.54 Å². The molecule has 24 heavy (non-hydrogen) atoms. The molecule has 1 aromatic carbocycles. The van der Waals surface area contributed by atoms with Crippen molar-refractivity contribution < 1.29 is 13.7 Å². The van der Waals surface area contributed by atoms with Gasteiger partial charge in [0, 0.05) is 30.0 Å². The number of urea groups is 1. The molecule has 3 atom stereocenters. The lowest BCUT2D eigenvalue weighted by Crippen LogP contribution is -2.39. The van der Waals surface area contributed by atoms with Gasteiger partial charge in [0.15, 0.2) is 0 Å². The molecule has 0 radical (unpaired) electrons. The topological polar surface area (TPSA) is 67.2 Å². The van der Waals surface area contributed by atoms with Crippen LogP contribution in [0.3, 0.4) is 0 Å². The van der Waals surface area contributed by atoms with Crippen molar-refractivity contribution in [3.05, 3.63) is 52.7 Å². The molecule has 3 rings (SSSR count). The molecule has 0 bridgehead atoms. The van der Waals surface area contributed by atoms with Crippen LogP contribution in [-0.2, 0) is 0 Å². The second-order valence-corrected chi connectivity index (χ2v) is 6.50. The Labute approximate surface area is 140 Å². The van der Waals surface area contributed by atoms with Crippen molar-refractivity contribution in [2.75, 3.05) is 6.54 Å². The summed E-state index contributed by atoms with van der Waals surface area (Å²) in [6, 6.07) is 6.43. The van der Waals surface area contributed by atoms with E-state index in [9.17, 15) is 9.18 Å². The van der Waals surface area contributed by atoms with Crippen LogP contribution < -0.4 is 10.6 Å². The van der Waals surface area contributed by atoms with Crippen molar-refractivity contribution in [2.45, 2.75) is 45.1 Å². The van der Waals surface area contributed by atoms with Crippen LogP contribution in [0.4, 0.5) is 9.18 Å². The standard InChI is InChI=1S/C18H22FN3O2/c1-10(17-11(2)22-24-12(17)3)9-20-18(23)21-16-8-15(16)13-5-4-6-14(19)7-13/h4-7,10,15-16H,8-9H2,1-3H3,(H2,20,21,23)/t10-,15+,16-/m1/s1. The van der Waals surface area contributed by atoms with E-state index in [1.165, 1.54) is 12.1 Å². The average Bonchev–Trinajstić information content (AvgIpc) is 3.22. The van der Waals surface area contributed by atoms with E-state index in [1.54, 1.807) is 6.07 Å². The van der Waals surface area contributed by atoms with Crippen LogP contribution in [0.5, 0.6) is 0 Å². The second kappa shape index (κ2) is 6.63. The number of amides is 2. The van der Waals surface area contributed by atoms with Gasteiger partial charge in [0.1, 0.15) is 11.6 Å². The highest BCUT2D eigenvalue weighted by Gasteiger charge is 2.39. The molecule has 0 saturated heterocycles. The van der Waals surface area contributed by atoms with Crippen LogP contribution >= 0.6 is 0 Å². The average molecular weight is 331 g/mol. The number of carbonyl (C=O) groups is 1. The van der Waals surface area contributed by atoms with Crippen LogP contribution in [0.15, 0.2) is 28.8 Å². The smallest absolute Gasteiger partial charge is 0.315 e. The molecule has 1 aliphatic carbocycles. The summed E-state index contributed by atoms with van der Waals surface area (Å²) in [5, 5.41) is 9.77. The van der Waals surface area contributed by atoms with Gasteiger partial charge in [-0.3, -0.25) is 0 Å². The number of halogens is 1. The van der Waals surface area contributed by atoms with Crippen LogP contribution in [0, 0.1) is 19.7 Å². The number of nitrogens with zero attached hydrogens (tertiary/aromatic N) is 1.